The Labute approximate surface area is 163 Å². The van der Waals surface area contributed by atoms with Crippen LogP contribution in [0, 0.1) is 12.3 Å². The molecule has 9 heteroatoms. The summed E-state index contributed by atoms with van der Waals surface area (Å²) >= 11 is 0. The van der Waals surface area contributed by atoms with Gasteiger partial charge in [-0.15, -0.1) is 10.2 Å². The van der Waals surface area contributed by atoms with Crippen LogP contribution in [-0.2, 0) is 20.9 Å². The molecule has 1 fully saturated rings. The van der Waals surface area contributed by atoms with Crippen molar-refractivity contribution in [2.75, 3.05) is 6.61 Å². The van der Waals surface area contributed by atoms with Gasteiger partial charge in [-0.2, -0.15) is 4.80 Å². The number of rotatable bonds is 7. The van der Waals surface area contributed by atoms with E-state index in [9.17, 15) is 14.7 Å². The number of carbonyl (C=O) groups excluding carboxylic acids is 1. The van der Waals surface area contributed by atoms with Crippen LogP contribution >= 0.6 is 0 Å². The Morgan fingerprint density at radius 1 is 1.32 bits per heavy atom. The summed E-state index contributed by atoms with van der Waals surface area (Å²) in [6.45, 7) is 7.68. The van der Waals surface area contributed by atoms with Gasteiger partial charge in [0.15, 0.2) is 0 Å². The van der Waals surface area contributed by atoms with Gasteiger partial charge in [0.2, 0.25) is 11.7 Å². The predicted molar refractivity (Wildman–Crippen MR) is 100 cm³/mol. The molecule has 0 bridgehead atoms. The molecule has 2 N–H and O–H groups in total. The Kier molecular flexibility index (Phi) is 5.20. The third kappa shape index (κ3) is 3.37. The van der Waals surface area contributed by atoms with Gasteiger partial charge in [0.25, 0.3) is 0 Å². The summed E-state index contributed by atoms with van der Waals surface area (Å²) in [7, 11) is 0. The first-order valence-corrected chi connectivity index (χ1v) is 9.20. The van der Waals surface area contributed by atoms with E-state index in [-0.39, 0.29) is 19.1 Å². The molecule has 28 heavy (non-hydrogen) atoms. The minimum atomic E-state index is -1.38. The van der Waals surface area contributed by atoms with Crippen molar-refractivity contribution < 1.29 is 19.4 Å². The van der Waals surface area contributed by atoms with Crippen molar-refractivity contribution in [3.63, 3.8) is 0 Å². The molecule has 2 unspecified atom stereocenters. The van der Waals surface area contributed by atoms with Crippen molar-refractivity contribution in [2.24, 2.45) is 5.41 Å². The van der Waals surface area contributed by atoms with Gasteiger partial charge < -0.3 is 15.2 Å². The monoisotopic (exact) mass is 387 g/mol. The number of nitrogens with zero attached hydrogens (tertiary/aromatic N) is 4. The number of carbonyl (C=O) groups is 2. The van der Waals surface area contributed by atoms with Gasteiger partial charge in [-0.3, -0.25) is 4.79 Å². The highest BCUT2D eigenvalue weighted by molar-refractivity contribution is 5.89. The second kappa shape index (κ2) is 7.31. The lowest BCUT2D eigenvalue weighted by Crippen LogP contribution is -2.76. The molecular formula is C19H25N5O4. The van der Waals surface area contributed by atoms with Crippen LogP contribution in [0.25, 0.3) is 11.4 Å². The van der Waals surface area contributed by atoms with Crippen LogP contribution < -0.4 is 5.32 Å². The van der Waals surface area contributed by atoms with Crippen molar-refractivity contribution in [1.29, 1.82) is 0 Å². The zero-order chi connectivity index (χ0) is 20.5. The minimum Gasteiger partial charge on any atom is -0.479 e. The molecule has 1 aliphatic rings. The molecule has 0 saturated heterocycles. The molecule has 2 aromatic rings. The number of aromatic nitrogens is 4. The zero-order valence-electron chi connectivity index (χ0n) is 16.5. The van der Waals surface area contributed by atoms with Gasteiger partial charge in [0.05, 0.1) is 6.10 Å². The molecule has 2 atom stereocenters. The molecule has 1 heterocycles. The summed E-state index contributed by atoms with van der Waals surface area (Å²) in [6, 6.07) is 7.63. The van der Waals surface area contributed by atoms with E-state index in [1.807, 2.05) is 38.1 Å². The summed E-state index contributed by atoms with van der Waals surface area (Å²) in [6.07, 6.45) is -0.0135. The SMILES string of the molecule is CCOC1CC(NC(=O)Cn2nnc(-c3ccc(C)cc3)n2)(C(=O)O)C1(C)C. The summed E-state index contributed by atoms with van der Waals surface area (Å²) in [5.41, 5.74) is -0.223. The van der Waals surface area contributed by atoms with Gasteiger partial charge in [0.1, 0.15) is 12.1 Å². The van der Waals surface area contributed by atoms with Gasteiger partial charge in [0, 0.05) is 24.0 Å². The number of hydrogen-bond acceptors (Lipinski definition) is 6. The topological polar surface area (TPSA) is 119 Å². The van der Waals surface area contributed by atoms with Crippen molar-refractivity contribution in [3.05, 3.63) is 29.8 Å². The number of ether oxygens (including phenoxy) is 1. The maximum absolute atomic E-state index is 12.5. The van der Waals surface area contributed by atoms with Crippen LogP contribution in [0.4, 0.5) is 0 Å². The van der Waals surface area contributed by atoms with Crippen molar-refractivity contribution >= 4 is 11.9 Å². The number of aliphatic carboxylic acids is 1. The highest BCUT2D eigenvalue weighted by atomic mass is 16.5. The fourth-order valence-electron chi connectivity index (χ4n) is 3.57. The average molecular weight is 387 g/mol. The molecule has 1 aliphatic carbocycles. The molecule has 3 rings (SSSR count). The van der Waals surface area contributed by atoms with E-state index in [1.165, 1.54) is 0 Å². The Morgan fingerprint density at radius 2 is 2.00 bits per heavy atom. The zero-order valence-corrected chi connectivity index (χ0v) is 16.5. The molecule has 1 aromatic heterocycles. The molecule has 0 radical (unpaired) electrons. The molecule has 1 saturated carbocycles. The summed E-state index contributed by atoms with van der Waals surface area (Å²) in [5.74, 6) is -1.16. The average Bonchev–Trinajstić information content (AvgIpc) is 3.09. The van der Waals surface area contributed by atoms with Gasteiger partial charge in [-0.25, -0.2) is 4.79 Å². The van der Waals surface area contributed by atoms with E-state index in [4.69, 9.17) is 4.74 Å². The van der Waals surface area contributed by atoms with E-state index in [0.29, 0.717) is 12.4 Å². The molecule has 9 nitrogen and oxygen atoms in total. The fourth-order valence-corrected chi connectivity index (χ4v) is 3.57. The third-order valence-corrected chi connectivity index (χ3v) is 5.53. The highest BCUT2D eigenvalue weighted by Crippen LogP contribution is 2.51. The van der Waals surface area contributed by atoms with Crippen LogP contribution in [0.1, 0.15) is 32.8 Å². The van der Waals surface area contributed by atoms with Gasteiger partial charge in [-0.05, 0) is 19.1 Å². The summed E-state index contributed by atoms with van der Waals surface area (Å²) in [4.78, 5) is 25.6. The van der Waals surface area contributed by atoms with Crippen LogP contribution in [0.3, 0.4) is 0 Å². The van der Waals surface area contributed by atoms with E-state index in [0.717, 1.165) is 15.9 Å². The number of carboxylic acids is 1. The van der Waals surface area contributed by atoms with Crippen molar-refractivity contribution in [1.82, 2.24) is 25.5 Å². The maximum atomic E-state index is 12.5. The van der Waals surface area contributed by atoms with Crippen molar-refractivity contribution in [3.8, 4) is 11.4 Å². The predicted octanol–water partition coefficient (Wildman–Crippen LogP) is 1.42. The summed E-state index contributed by atoms with van der Waals surface area (Å²) in [5, 5.41) is 24.5. The van der Waals surface area contributed by atoms with Gasteiger partial charge in [-0.1, -0.05) is 43.7 Å². The lowest BCUT2D eigenvalue weighted by molar-refractivity contribution is -0.194. The molecule has 0 spiro atoms. The molecule has 0 aliphatic heterocycles. The Morgan fingerprint density at radius 3 is 2.57 bits per heavy atom. The lowest BCUT2D eigenvalue weighted by atomic mass is 9.54. The largest absolute Gasteiger partial charge is 0.479 e. The Bertz CT molecular complexity index is 877. The molecular weight excluding hydrogens is 362 g/mol. The summed E-state index contributed by atoms with van der Waals surface area (Å²) < 4.78 is 5.60. The van der Waals surface area contributed by atoms with E-state index in [1.54, 1.807) is 13.8 Å². The third-order valence-electron chi connectivity index (χ3n) is 5.53. The first-order chi connectivity index (χ1) is 13.2. The second-order valence-corrected chi connectivity index (χ2v) is 7.64. The first kappa shape index (κ1) is 19.9. The van der Waals surface area contributed by atoms with Gasteiger partial charge >= 0.3 is 5.97 Å². The number of benzene rings is 1. The molecule has 1 amide bonds. The van der Waals surface area contributed by atoms with E-state index in [2.05, 4.69) is 20.7 Å². The minimum absolute atomic E-state index is 0.217. The van der Waals surface area contributed by atoms with E-state index < -0.39 is 22.8 Å². The number of nitrogens with one attached hydrogen (secondary N) is 1. The number of tetrazole rings is 1. The smallest absolute Gasteiger partial charge is 0.330 e. The maximum Gasteiger partial charge on any atom is 0.330 e. The molecule has 1 aromatic carbocycles. The normalized spacial score (nSPS) is 23.1. The van der Waals surface area contributed by atoms with Crippen LogP contribution in [0.2, 0.25) is 0 Å². The van der Waals surface area contributed by atoms with Crippen molar-refractivity contribution in [2.45, 2.75) is 52.3 Å². The number of carboxylic acid groups (broad SMARTS) is 1. The Hall–Kier alpha value is -2.81. The number of aryl methyl sites for hydroxylation is 1. The quantitative estimate of drug-likeness (QED) is 0.737. The highest BCUT2D eigenvalue weighted by Gasteiger charge is 2.66. The lowest BCUT2D eigenvalue weighted by Gasteiger charge is -2.58. The van der Waals surface area contributed by atoms with Crippen LogP contribution in [0.15, 0.2) is 24.3 Å². The first-order valence-electron chi connectivity index (χ1n) is 9.20. The molecule has 150 valence electrons. The fraction of sp³-hybridized carbons (Fsp3) is 0.526. The standard InChI is InChI=1S/C19H25N5O4/c1-5-28-14-10-19(17(26)27,18(14,3)4)20-15(25)11-24-22-16(21-23-24)13-8-6-12(2)7-9-13/h6-9,14H,5,10-11H2,1-4H3,(H,20,25)(H,26,27). The number of hydrogen-bond donors (Lipinski definition) is 2. The second-order valence-electron chi connectivity index (χ2n) is 7.64. The van der Waals surface area contributed by atoms with Crippen LogP contribution in [-0.4, -0.2) is 55.4 Å². The number of amides is 1. The van der Waals surface area contributed by atoms with E-state index >= 15 is 0 Å². The van der Waals surface area contributed by atoms with Crippen LogP contribution in [0.5, 0.6) is 0 Å². The Balaban J connectivity index is 1.70.